The van der Waals surface area contributed by atoms with Gasteiger partial charge in [-0.1, -0.05) is 24.3 Å². The summed E-state index contributed by atoms with van der Waals surface area (Å²) >= 11 is 0. The van der Waals surface area contributed by atoms with Crippen molar-refractivity contribution in [1.29, 1.82) is 0 Å². The Kier molecular flexibility index (Phi) is 6.56. The maximum atomic E-state index is 12.9. The van der Waals surface area contributed by atoms with E-state index in [9.17, 15) is 27.0 Å². The number of nitrogens with one attached hydrogen (secondary N) is 2. The van der Waals surface area contributed by atoms with Crippen LogP contribution in [0.5, 0.6) is 0 Å². The third kappa shape index (κ3) is 5.55. The van der Waals surface area contributed by atoms with Crippen LogP contribution >= 0.6 is 0 Å². The standard InChI is InChI=1S/C17H15F3N2O4S/c18-17(19,20)12-6-2-4-8-14(12)27(26)10-9-21-16(25)22-13-7-3-1-5-11(13)15(23)24/h1-8H,9-10H2,(H,23,24)(H2,21,22,25). The van der Waals surface area contributed by atoms with Crippen LogP contribution in [0.3, 0.4) is 0 Å². The van der Waals surface area contributed by atoms with E-state index in [1.165, 1.54) is 36.4 Å². The van der Waals surface area contributed by atoms with E-state index in [1.807, 2.05) is 0 Å². The lowest BCUT2D eigenvalue weighted by Gasteiger charge is -2.13. The minimum absolute atomic E-state index is 0.0611. The molecule has 2 rings (SSSR count). The Morgan fingerprint density at radius 1 is 1.04 bits per heavy atom. The molecule has 10 heteroatoms. The Labute approximate surface area is 154 Å². The van der Waals surface area contributed by atoms with E-state index in [2.05, 4.69) is 10.6 Å². The quantitative estimate of drug-likeness (QED) is 0.693. The van der Waals surface area contributed by atoms with Crippen molar-refractivity contribution in [1.82, 2.24) is 5.32 Å². The summed E-state index contributed by atoms with van der Waals surface area (Å²) < 4.78 is 51.0. The Bertz CT molecular complexity index is 871. The first-order valence-electron chi connectivity index (χ1n) is 7.62. The van der Waals surface area contributed by atoms with Gasteiger partial charge in [0.15, 0.2) is 0 Å². The molecular formula is C17H15F3N2O4S. The number of hydrogen-bond acceptors (Lipinski definition) is 3. The summed E-state index contributed by atoms with van der Waals surface area (Å²) in [5, 5.41) is 13.7. The van der Waals surface area contributed by atoms with Crippen molar-refractivity contribution in [3.8, 4) is 0 Å². The van der Waals surface area contributed by atoms with Gasteiger partial charge in [0.05, 0.1) is 32.5 Å². The van der Waals surface area contributed by atoms with Gasteiger partial charge >= 0.3 is 18.2 Å². The number of para-hydroxylation sites is 1. The molecule has 3 N–H and O–H groups in total. The monoisotopic (exact) mass is 400 g/mol. The van der Waals surface area contributed by atoms with Gasteiger partial charge in [0.1, 0.15) is 0 Å². The van der Waals surface area contributed by atoms with E-state index >= 15 is 0 Å². The molecule has 0 heterocycles. The van der Waals surface area contributed by atoms with Crippen LogP contribution in [0.1, 0.15) is 15.9 Å². The summed E-state index contributed by atoms with van der Waals surface area (Å²) in [5.74, 6) is -1.46. The minimum atomic E-state index is -4.63. The third-order valence-electron chi connectivity index (χ3n) is 3.42. The Morgan fingerprint density at radius 2 is 1.67 bits per heavy atom. The number of carbonyl (C=O) groups is 2. The largest absolute Gasteiger partial charge is 0.478 e. The molecule has 144 valence electrons. The van der Waals surface area contributed by atoms with Gasteiger partial charge in [-0.15, -0.1) is 0 Å². The van der Waals surface area contributed by atoms with Crippen LogP contribution in [0, 0.1) is 0 Å². The van der Waals surface area contributed by atoms with Crippen molar-refractivity contribution >= 4 is 28.5 Å². The van der Waals surface area contributed by atoms with E-state index in [0.29, 0.717) is 0 Å². The Hall–Kier alpha value is -2.88. The van der Waals surface area contributed by atoms with Crippen LogP contribution in [-0.4, -0.2) is 33.6 Å². The van der Waals surface area contributed by atoms with E-state index in [1.54, 1.807) is 0 Å². The zero-order chi connectivity index (χ0) is 20.0. The highest BCUT2D eigenvalue weighted by atomic mass is 32.2. The summed E-state index contributed by atoms with van der Waals surface area (Å²) in [6.07, 6.45) is -4.63. The van der Waals surface area contributed by atoms with Crippen LogP contribution in [0.4, 0.5) is 23.7 Å². The Balaban J connectivity index is 1.95. The molecule has 0 saturated heterocycles. The lowest BCUT2D eigenvalue weighted by molar-refractivity contribution is -0.139. The van der Waals surface area contributed by atoms with Crippen LogP contribution in [0.15, 0.2) is 53.4 Å². The van der Waals surface area contributed by atoms with Crippen molar-refractivity contribution in [2.24, 2.45) is 0 Å². The molecule has 0 aliphatic rings. The van der Waals surface area contributed by atoms with Crippen molar-refractivity contribution in [2.75, 3.05) is 17.6 Å². The number of amides is 2. The highest BCUT2D eigenvalue weighted by molar-refractivity contribution is 7.85. The lowest BCUT2D eigenvalue weighted by atomic mass is 10.2. The van der Waals surface area contributed by atoms with Gasteiger partial charge < -0.3 is 15.7 Å². The van der Waals surface area contributed by atoms with Crippen molar-refractivity contribution < 1.29 is 32.1 Å². The number of hydrogen-bond donors (Lipinski definition) is 3. The molecule has 2 amide bonds. The molecule has 1 unspecified atom stereocenters. The summed E-state index contributed by atoms with van der Waals surface area (Å²) in [4.78, 5) is 22.6. The van der Waals surface area contributed by atoms with E-state index in [4.69, 9.17) is 5.11 Å². The average Bonchev–Trinajstić information content (AvgIpc) is 2.61. The molecule has 0 radical (unpaired) electrons. The second-order valence-electron chi connectivity index (χ2n) is 5.28. The average molecular weight is 400 g/mol. The fraction of sp³-hybridized carbons (Fsp3) is 0.176. The van der Waals surface area contributed by atoms with Gasteiger partial charge in [-0.2, -0.15) is 13.2 Å². The summed E-state index contributed by atoms with van der Waals surface area (Å²) in [7, 11) is -1.97. The summed E-state index contributed by atoms with van der Waals surface area (Å²) in [6, 6.07) is 9.49. The molecule has 6 nitrogen and oxygen atoms in total. The maximum absolute atomic E-state index is 12.9. The molecule has 0 spiro atoms. The molecule has 0 aromatic heterocycles. The predicted octanol–water partition coefficient (Wildman–Crippen LogP) is 3.33. The number of carboxylic acid groups (broad SMARTS) is 1. The number of anilines is 1. The highest BCUT2D eigenvalue weighted by Gasteiger charge is 2.34. The van der Waals surface area contributed by atoms with Gasteiger partial charge in [-0.05, 0) is 24.3 Å². The number of benzene rings is 2. The normalized spacial score (nSPS) is 12.3. The lowest BCUT2D eigenvalue weighted by Crippen LogP contribution is -2.32. The van der Waals surface area contributed by atoms with Crippen molar-refractivity contribution in [2.45, 2.75) is 11.1 Å². The first-order valence-corrected chi connectivity index (χ1v) is 8.94. The van der Waals surface area contributed by atoms with E-state index in [0.717, 1.165) is 12.1 Å². The number of rotatable bonds is 6. The number of carbonyl (C=O) groups excluding carboxylic acids is 1. The van der Waals surface area contributed by atoms with E-state index in [-0.39, 0.29) is 28.4 Å². The molecule has 1 atom stereocenters. The number of halogens is 3. The van der Waals surface area contributed by atoms with E-state index < -0.39 is 34.5 Å². The molecule has 0 fully saturated rings. The number of aromatic carboxylic acids is 1. The molecule has 0 bridgehead atoms. The SMILES string of the molecule is O=C(NCCS(=O)c1ccccc1C(F)(F)F)Nc1ccccc1C(=O)O. The fourth-order valence-electron chi connectivity index (χ4n) is 2.21. The van der Waals surface area contributed by atoms with Gasteiger partial charge in [0, 0.05) is 12.3 Å². The second kappa shape index (κ2) is 8.67. The van der Waals surface area contributed by atoms with Crippen molar-refractivity contribution in [3.63, 3.8) is 0 Å². The molecular weight excluding hydrogens is 385 g/mol. The van der Waals surface area contributed by atoms with Crippen LogP contribution < -0.4 is 10.6 Å². The predicted molar refractivity (Wildman–Crippen MR) is 93.1 cm³/mol. The second-order valence-corrected chi connectivity index (χ2v) is 6.81. The van der Waals surface area contributed by atoms with Gasteiger partial charge in [-0.3, -0.25) is 4.21 Å². The number of carboxylic acids is 1. The third-order valence-corrected chi connectivity index (χ3v) is 4.84. The van der Waals surface area contributed by atoms with Gasteiger partial charge in [0.25, 0.3) is 0 Å². The number of alkyl halides is 3. The molecule has 27 heavy (non-hydrogen) atoms. The van der Waals surface area contributed by atoms with Crippen molar-refractivity contribution in [3.05, 3.63) is 59.7 Å². The summed E-state index contributed by atoms with van der Waals surface area (Å²) in [5.41, 5.74) is -1.04. The first-order chi connectivity index (χ1) is 12.7. The Morgan fingerprint density at radius 3 is 2.33 bits per heavy atom. The van der Waals surface area contributed by atoms with Gasteiger partial charge in [0.2, 0.25) is 0 Å². The smallest absolute Gasteiger partial charge is 0.417 e. The fourth-order valence-corrected chi connectivity index (χ4v) is 3.38. The zero-order valence-electron chi connectivity index (χ0n) is 13.7. The van der Waals surface area contributed by atoms with Gasteiger partial charge in [-0.25, -0.2) is 9.59 Å². The first kappa shape index (κ1) is 20.4. The highest BCUT2D eigenvalue weighted by Crippen LogP contribution is 2.33. The molecule has 0 saturated carbocycles. The number of urea groups is 1. The minimum Gasteiger partial charge on any atom is -0.478 e. The molecule has 0 aliphatic heterocycles. The van der Waals surface area contributed by atoms with Crippen LogP contribution in [0.25, 0.3) is 0 Å². The molecule has 2 aromatic rings. The molecule has 0 aliphatic carbocycles. The molecule has 2 aromatic carbocycles. The van der Waals surface area contributed by atoms with Crippen LogP contribution in [-0.2, 0) is 17.0 Å². The summed E-state index contributed by atoms with van der Waals surface area (Å²) in [6.45, 7) is -0.167. The van der Waals surface area contributed by atoms with Crippen LogP contribution in [0.2, 0.25) is 0 Å². The maximum Gasteiger partial charge on any atom is 0.417 e. The zero-order valence-corrected chi connectivity index (χ0v) is 14.6. The topological polar surface area (TPSA) is 95.5 Å².